The van der Waals surface area contributed by atoms with Crippen LogP contribution in [0, 0.1) is 5.92 Å². The Kier molecular flexibility index (Phi) is 4.10. The molecule has 0 bridgehead atoms. The van der Waals surface area contributed by atoms with Crippen LogP contribution < -0.4 is 0 Å². The second-order valence-corrected chi connectivity index (χ2v) is 5.66. The number of carbonyl (C=O) groups is 1. The van der Waals surface area contributed by atoms with Crippen LogP contribution in [0.2, 0.25) is 0 Å². The van der Waals surface area contributed by atoms with Crippen LogP contribution in [0.4, 0.5) is 0 Å². The maximum absolute atomic E-state index is 10.6. The van der Waals surface area contributed by atoms with E-state index in [1.807, 2.05) is 6.20 Å². The summed E-state index contributed by atoms with van der Waals surface area (Å²) in [7, 11) is 0. The van der Waals surface area contributed by atoms with Crippen LogP contribution in [-0.4, -0.2) is 26.4 Å². The molecule has 1 aliphatic rings. The second-order valence-electron chi connectivity index (χ2n) is 4.71. The van der Waals surface area contributed by atoms with Crippen molar-refractivity contribution in [2.75, 3.05) is 5.75 Å². The van der Waals surface area contributed by atoms with Gasteiger partial charge >= 0.3 is 5.97 Å². The average molecular weight is 254 g/mol. The van der Waals surface area contributed by atoms with Crippen LogP contribution in [0.5, 0.6) is 0 Å². The van der Waals surface area contributed by atoms with Crippen LogP contribution in [-0.2, 0) is 4.79 Å². The lowest BCUT2D eigenvalue weighted by Crippen LogP contribution is -2.17. The van der Waals surface area contributed by atoms with Crippen molar-refractivity contribution in [1.82, 2.24) is 9.55 Å². The van der Waals surface area contributed by atoms with E-state index in [2.05, 4.69) is 16.5 Å². The highest BCUT2D eigenvalue weighted by Gasteiger charge is 2.21. The van der Waals surface area contributed by atoms with Crippen LogP contribution in [0.15, 0.2) is 17.6 Å². The Labute approximate surface area is 105 Å². The molecular formula is C12H18N2O2S. The summed E-state index contributed by atoms with van der Waals surface area (Å²) < 4.78 is 2.15. The monoisotopic (exact) mass is 254 g/mol. The zero-order valence-electron chi connectivity index (χ0n) is 10.0. The molecule has 5 heteroatoms. The third kappa shape index (κ3) is 3.25. The second kappa shape index (κ2) is 5.58. The first-order chi connectivity index (χ1) is 8.16. The fourth-order valence-corrected chi connectivity index (χ4v) is 3.08. The minimum absolute atomic E-state index is 0.0835. The summed E-state index contributed by atoms with van der Waals surface area (Å²) in [6, 6.07) is 0.505. The number of rotatable bonds is 4. The molecular weight excluding hydrogens is 236 g/mol. The molecule has 1 aromatic heterocycles. The van der Waals surface area contributed by atoms with Gasteiger partial charge in [-0.2, -0.15) is 0 Å². The molecule has 0 radical (unpaired) electrons. The third-order valence-corrected chi connectivity index (χ3v) is 4.30. The Morgan fingerprint density at radius 3 is 2.88 bits per heavy atom. The molecule has 17 heavy (non-hydrogen) atoms. The van der Waals surface area contributed by atoms with E-state index in [0.29, 0.717) is 6.04 Å². The summed E-state index contributed by atoms with van der Waals surface area (Å²) in [6.07, 6.45) is 8.61. The molecule has 0 amide bonds. The highest BCUT2D eigenvalue weighted by molar-refractivity contribution is 7.99. The van der Waals surface area contributed by atoms with Gasteiger partial charge in [0.1, 0.15) is 0 Å². The molecule has 1 aliphatic carbocycles. The molecule has 0 saturated heterocycles. The number of nitrogens with zero attached hydrogens (tertiary/aromatic N) is 2. The van der Waals surface area contributed by atoms with Gasteiger partial charge in [-0.15, -0.1) is 0 Å². The minimum Gasteiger partial charge on any atom is -0.481 e. The van der Waals surface area contributed by atoms with Crippen LogP contribution >= 0.6 is 11.8 Å². The molecule has 0 aliphatic heterocycles. The predicted molar refractivity (Wildman–Crippen MR) is 67.3 cm³/mol. The van der Waals surface area contributed by atoms with Crippen LogP contribution in [0.3, 0.4) is 0 Å². The minimum atomic E-state index is -0.790. The van der Waals surface area contributed by atoms with E-state index in [-0.39, 0.29) is 5.75 Å². The van der Waals surface area contributed by atoms with Gasteiger partial charge in [-0.1, -0.05) is 18.7 Å². The average Bonchev–Trinajstić information content (AvgIpc) is 2.75. The van der Waals surface area contributed by atoms with Crippen molar-refractivity contribution in [3.63, 3.8) is 0 Å². The summed E-state index contributed by atoms with van der Waals surface area (Å²) in [6.45, 7) is 2.30. The van der Waals surface area contributed by atoms with Crippen molar-refractivity contribution in [3.05, 3.63) is 12.4 Å². The molecule has 1 aromatic rings. The predicted octanol–water partition coefficient (Wildman–Crippen LogP) is 2.81. The normalized spacial score (nSPS) is 24.8. The van der Waals surface area contributed by atoms with Crippen molar-refractivity contribution in [2.24, 2.45) is 5.92 Å². The Bertz CT molecular complexity index is 384. The first kappa shape index (κ1) is 12.5. The zero-order chi connectivity index (χ0) is 12.3. The van der Waals surface area contributed by atoms with Crippen molar-refractivity contribution in [3.8, 4) is 0 Å². The van der Waals surface area contributed by atoms with Crippen molar-refractivity contribution in [2.45, 2.75) is 43.8 Å². The van der Waals surface area contributed by atoms with Gasteiger partial charge in [-0.05, 0) is 31.6 Å². The van der Waals surface area contributed by atoms with E-state index in [1.165, 1.54) is 37.4 Å². The SMILES string of the molecule is CC1CCC(n2ccnc2SCC(=O)O)CC1. The highest BCUT2D eigenvalue weighted by atomic mass is 32.2. The molecule has 2 rings (SSSR count). The van der Waals surface area contributed by atoms with Crippen LogP contribution in [0.25, 0.3) is 0 Å². The molecule has 0 unspecified atom stereocenters. The van der Waals surface area contributed by atoms with Gasteiger partial charge in [-0.3, -0.25) is 4.79 Å². The number of hydrogen-bond donors (Lipinski definition) is 1. The highest BCUT2D eigenvalue weighted by Crippen LogP contribution is 2.34. The van der Waals surface area contributed by atoms with Crippen molar-refractivity contribution >= 4 is 17.7 Å². The smallest absolute Gasteiger partial charge is 0.313 e. The third-order valence-electron chi connectivity index (χ3n) is 3.34. The molecule has 1 saturated carbocycles. The van der Waals surface area contributed by atoms with E-state index < -0.39 is 5.97 Å². The lowest BCUT2D eigenvalue weighted by atomic mass is 9.87. The van der Waals surface area contributed by atoms with Crippen molar-refractivity contribution < 1.29 is 9.90 Å². The number of carboxylic acid groups (broad SMARTS) is 1. The molecule has 4 nitrogen and oxygen atoms in total. The zero-order valence-corrected chi connectivity index (χ0v) is 10.8. The molecule has 0 atom stereocenters. The molecule has 0 spiro atoms. The quantitative estimate of drug-likeness (QED) is 0.839. The van der Waals surface area contributed by atoms with Crippen molar-refractivity contribution in [1.29, 1.82) is 0 Å². The molecule has 94 valence electrons. The Morgan fingerprint density at radius 2 is 2.24 bits per heavy atom. The number of aromatic nitrogens is 2. The Morgan fingerprint density at radius 1 is 1.53 bits per heavy atom. The molecule has 1 heterocycles. The summed E-state index contributed by atoms with van der Waals surface area (Å²) in [4.78, 5) is 14.8. The Balaban J connectivity index is 2.00. The topological polar surface area (TPSA) is 55.1 Å². The van der Waals surface area contributed by atoms with Gasteiger partial charge in [-0.25, -0.2) is 4.98 Å². The molecule has 1 N–H and O–H groups in total. The largest absolute Gasteiger partial charge is 0.481 e. The number of aliphatic carboxylic acids is 1. The molecule has 1 fully saturated rings. The fraction of sp³-hybridized carbons (Fsp3) is 0.667. The van der Waals surface area contributed by atoms with Crippen LogP contribution in [0.1, 0.15) is 38.6 Å². The maximum atomic E-state index is 10.6. The summed E-state index contributed by atoms with van der Waals surface area (Å²) in [5.74, 6) is 0.117. The fourth-order valence-electron chi connectivity index (χ4n) is 2.34. The summed E-state index contributed by atoms with van der Waals surface area (Å²) in [5.41, 5.74) is 0. The van der Waals surface area contributed by atoms with Gasteiger partial charge in [0.2, 0.25) is 0 Å². The van der Waals surface area contributed by atoms with Gasteiger partial charge < -0.3 is 9.67 Å². The van der Waals surface area contributed by atoms with Gasteiger partial charge in [0.25, 0.3) is 0 Å². The van der Waals surface area contributed by atoms with E-state index in [0.717, 1.165) is 11.1 Å². The van der Waals surface area contributed by atoms with E-state index in [4.69, 9.17) is 5.11 Å². The van der Waals surface area contributed by atoms with Gasteiger partial charge in [0.05, 0.1) is 5.75 Å². The maximum Gasteiger partial charge on any atom is 0.313 e. The van der Waals surface area contributed by atoms with E-state index >= 15 is 0 Å². The number of thioether (sulfide) groups is 1. The van der Waals surface area contributed by atoms with E-state index in [1.54, 1.807) is 6.20 Å². The summed E-state index contributed by atoms with van der Waals surface area (Å²) >= 11 is 1.31. The number of carboxylic acids is 1. The lowest BCUT2D eigenvalue weighted by Gasteiger charge is -2.28. The first-order valence-electron chi connectivity index (χ1n) is 6.04. The molecule has 0 aromatic carbocycles. The standard InChI is InChI=1S/C12H18N2O2S/c1-9-2-4-10(5-3-9)14-7-6-13-12(14)17-8-11(15)16/h6-7,9-10H,2-5,8H2,1H3,(H,15,16). The summed E-state index contributed by atoms with van der Waals surface area (Å²) in [5, 5.41) is 9.53. The van der Waals surface area contributed by atoms with Gasteiger partial charge in [0, 0.05) is 18.4 Å². The Hall–Kier alpha value is -0.970. The van der Waals surface area contributed by atoms with Gasteiger partial charge in [0.15, 0.2) is 5.16 Å². The first-order valence-corrected chi connectivity index (χ1v) is 7.03. The number of imidazole rings is 1. The number of hydrogen-bond acceptors (Lipinski definition) is 3. The lowest BCUT2D eigenvalue weighted by molar-refractivity contribution is -0.133. The van der Waals surface area contributed by atoms with E-state index in [9.17, 15) is 4.79 Å².